The Bertz CT molecular complexity index is 1790. The summed E-state index contributed by atoms with van der Waals surface area (Å²) in [4.78, 5) is 25.1. The monoisotopic (exact) mass is 723 g/mol. The van der Waals surface area contributed by atoms with Gasteiger partial charge in [-0.3, -0.25) is 9.80 Å². The van der Waals surface area contributed by atoms with Crippen molar-refractivity contribution in [2.75, 3.05) is 60.6 Å². The zero-order chi connectivity index (χ0) is 35.0. The Morgan fingerprint density at radius 3 is 2.16 bits per heavy atom. The molecule has 3 aromatic carbocycles. The molecular weight excluding hydrogens is 685 g/mol. The molecule has 0 bridgehead atoms. The minimum absolute atomic E-state index is 0.00983. The fourth-order valence-electron chi connectivity index (χ4n) is 6.83. The molecule has 2 amide bonds. The van der Waals surface area contributed by atoms with Gasteiger partial charge in [0.2, 0.25) is 0 Å². The average Bonchev–Trinajstić information content (AvgIpc) is 3.82. The fraction of sp³-hybridized carbons (Fsp3) is 0.400. The molecule has 0 spiro atoms. The van der Waals surface area contributed by atoms with Gasteiger partial charge in [0.25, 0.3) is 0 Å². The number of amides is 2. The van der Waals surface area contributed by atoms with Crippen LogP contribution < -0.4 is 19.4 Å². The number of hydrogen-bond donors (Lipinski definition) is 2. The molecule has 7 rings (SSSR count). The molecule has 2 atom stereocenters. The van der Waals surface area contributed by atoms with Crippen molar-refractivity contribution >= 4 is 48.4 Å². The molecule has 0 saturated carbocycles. The zero-order valence-electron chi connectivity index (χ0n) is 27.7. The van der Waals surface area contributed by atoms with E-state index in [-0.39, 0.29) is 37.4 Å². The quantitative estimate of drug-likeness (QED) is 0.167. The van der Waals surface area contributed by atoms with Gasteiger partial charge in [0.15, 0.2) is 6.29 Å². The van der Waals surface area contributed by atoms with Crippen LogP contribution in [0.15, 0.2) is 79.4 Å². The van der Waals surface area contributed by atoms with Crippen LogP contribution in [0.3, 0.4) is 0 Å². The van der Waals surface area contributed by atoms with Crippen molar-refractivity contribution < 1.29 is 27.8 Å². The first-order valence-corrected chi connectivity index (χ1v) is 17.4. The van der Waals surface area contributed by atoms with Crippen LogP contribution in [0.1, 0.15) is 19.4 Å². The zero-order valence-corrected chi connectivity index (χ0v) is 29.5. The molecule has 0 N–H and O–H groups in total. The lowest BCUT2D eigenvalue weighted by Gasteiger charge is -2.37. The highest BCUT2D eigenvalue weighted by molar-refractivity contribution is 8.00. The van der Waals surface area contributed by atoms with Crippen molar-refractivity contribution in [1.82, 2.24) is 19.7 Å². The lowest BCUT2D eigenvalue weighted by molar-refractivity contribution is -0.117. The van der Waals surface area contributed by atoms with Gasteiger partial charge in [-0.15, -0.1) is 25.3 Å². The Labute approximate surface area is 300 Å². The van der Waals surface area contributed by atoms with Crippen molar-refractivity contribution in [3.8, 4) is 5.75 Å². The topological polar surface area (TPSA) is 88.4 Å². The number of rotatable bonds is 10. The highest BCUT2D eigenvalue weighted by atomic mass is 32.2. The van der Waals surface area contributed by atoms with Crippen LogP contribution in [0.5, 0.6) is 5.75 Å². The lowest BCUT2D eigenvalue weighted by Crippen LogP contribution is -2.46. The minimum Gasteiger partial charge on any atom is -0.488 e. The van der Waals surface area contributed by atoms with Gasteiger partial charge in [0, 0.05) is 60.9 Å². The highest BCUT2D eigenvalue weighted by Crippen LogP contribution is 2.39. The van der Waals surface area contributed by atoms with Gasteiger partial charge in [-0.2, -0.15) is 5.10 Å². The predicted octanol–water partition coefficient (Wildman–Crippen LogP) is 5.39. The molecule has 0 radical (unpaired) electrons. The van der Waals surface area contributed by atoms with Crippen LogP contribution >= 0.6 is 25.3 Å². The summed E-state index contributed by atoms with van der Waals surface area (Å²) in [6, 6.07) is 19.3. The number of piperazine rings is 1. The van der Waals surface area contributed by atoms with Crippen molar-refractivity contribution in [1.29, 1.82) is 0 Å². The number of urea groups is 1. The van der Waals surface area contributed by atoms with E-state index in [2.05, 4.69) is 57.3 Å². The van der Waals surface area contributed by atoms with E-state index in [4.69, 9.17) is 14.2 Å². The number of thiol groups is 2. The van der Waals surface area contributed by atoms with E-state index in [1.807, 2.05) is 50.2 Å². The molecule has 0 unspecified atom stereocenters. The predicted molar refractivity (Wildman–Crippen MR) is 192 cm³/mol. The molecule has 264 valence electrons. The summed E-state index contributed by atoms with van der Waals surface area (Å²) in [6.07, 6.45) is 2.10. The maximum Gasteiger partial charge on any atom is 0.326 e. The number of nitrogens with zero attached hydrogens (tertiary/aromatic N) is 7. The molecular formula is C35H39F2N7O4S2. The first-order chi connectivity index (χ1) is 24.0. The van der Waals surface area contributed by atoms with Gasteiger partial charge in [0.05, 0.1) is 19.7 Å². The standard InChI is InChI=1S/C35H39F2N7O4S2/c1-24(2)44-33(45)43(20-35(44,49)50)28-6-4-26(5-7-28)40-13-15-41(16-14-40)27-8-10-29(11-9-27)46-18-32-47-21-34(48-32,19-42-23-38-22-39-42)30-12-3-25(36)17-31(30)37/h3-12,17,22-24,32,49-50H,13-16,18-21H2,1-2H3/t32-,34+/m0/s1. The summed E-state index contributed by atoms with van der Waals surface area (Å²) in [5.41, 5.74) is 1.96. The summed E-state index contributed by atoms with van der Waals surface area (Å²) < 4.78 is 47.4. The van der Waals surface area contributed by atoms with E-state index in [0.717, 1.165) is 49.3 Å². The first-order valence-electron chi connectivity index (χ1n) is 16.5. The van der Waals surface area contributed by atoms with Crippen molar-refractivity contribution in [3.05, 3.63) is 96.6 Å². The summed E-state index contributed by atoms with van der Waals surface area (Å²) in [5, 5.41) is 4.13. The minimum atomic E-state index is -1.23. The number of halogens is 2. The number of benzene rings is 3. The number of hydrogen-bond acceptors (Lipinski definition) is 10. The second kappa shape index (κ2) is 13.9. The molecule has 15 heteroatoms. The summed E-state index contributed by atoms with van der Waals surface area (Å²) in [6.45, 7) is 7.93. The summed E-state index contributed by atoms with van der Waals surface area (Å²) >= 11 is 9.27. The smallest absolute Gasteiger partial charge is 0.326 e. The number of carbonyl (C=O) groups is 1. The number of aromatic nitrogens is 3. The van der Waals surface area contributed by atoms with Gasteiger partial charge < -0.3 is 24.0 Å². The lowest BCUT2D eigenvalue weighted by atomic mass is 9.94. The largest absolute Gasteiger partial charge is 0.488 e. The Kier molecular flexibility index (Phi) is 9.58. The van der Waals surface area contributed by atoms with Crippen LogP contribution in [-0.2, 0) is 21.6 Å². The van der Waals surface area contributed by atoms with Crippen LogP contribution in [-0.4, -0.2) is 88.2 Å². The fourth-order valence-corrected chi connectivity index (χ4v) is 7.75. The van der Waals surface area contributed by atoms with Crippen LogP contribution in [0.4, 0.5) is 30.6 Å². The van der Waals surface area contributed by atoms with E-state index in [0.29, 0.717) is 12.3 Å². The highest BCUT2D eigenvalue weighted by Gasteiger charge is 2.47. The molecule has 4 aromatic rings. The third-order valence-electron chi connectivity index (χ3n) is 9.27. The van der Waals surface area contributed by atoms with Gasteiger partial charge in [-0.1, -0.05) is 6.07 Å². The van der Waals surface area contributed by atoms with Crippen LogP contribution in [0.25, 0.3) is 0 Å². The van der Waals surface area contributed by atoms with E-state index < -0.39 is 27.7 Å². The second-order valence-corrected chi connectivity index (χ2v) is 14.8. The molecule has 0 aliphatic carbocycles. The van der Waals surface area contributed by atoms with Crippen molar-refractivity contribution in [3.63, 3.8) is 0 Å². The number of carbonyl (C=O) groups excluding carboxylic acids is 1. The Balaban J connectivity index is 0.918. The Morgan fingerprint density at radius 1 is 0.940 bits per heavy atom. The van der Waals surface area contributed by atoms with E-state index in [1.165, 1.54) is 29.5 Å². The van der Waals surface area contributed by atoms with Gasteiger partial charge in [-0.25, -0.2) is 23.2 Å². The molecule has 1 aromatic heterocycles. The Hall–Kier alpha value is -4.05. The van der Waals surface area contributed by atoms with Gasteiger partial charge in [0.1, 0.15) is 46.4 Å². The maximum atomic E-state index is 14.9. The molecule has 50 heavy (non-hydrogen) atoms. The first kappa shape index (κ1) is 34.4. The molecule has 3 aliphatic rings. The van der Waals surface area contributed by atoms with Gasteiger partial charge >= 0.3 is 6.03 Å². The van der Waals surface area contributed by atoms with Crippen LogP contribution in [0.2, 0.25) is 0 Å². The number of ether oxygens (including phenoxy) is 3. The summed E-state index contributed by atoms with van der Waals surface area (Å²) in [5.74, 6) is -0.757. The third kappa shape index (κ3) is 6.96. The molecule has 3 saturated heterocycles. The van der Waals surface area contributed by atoms with E-state index >= 15 is 0 Å². The van der Waals surface area contributed by atoms with E-state index in [1.54, 1.807) is 9.80 Å². The molecule has 3 aliphatic heterocycles. The van der Waals surface area contributed by atoms with E-state index in [9.17, 15) is 13.6 Å². The number of anilines is 3. The van der Waals surface area contributed by atoms with Crippen LogP contribution in [0, 0.1) is 11.6 Å². The molecule has 11 nitrogen and oxygen atoms in total. The van der Waals surface area contributed by atoms with Crippen molar-refractivity contribution in [2.24, 2.45) is 0 Å². The average molecular weight is 724 g/mol. The molecule has 4 heterocycles. The maximum absolute atomic E-state index is 14.9. The Morgan fingerprint density at radius 2 is 1.58 bits per heavy atom. The van der Waals surface area contributed by atoms with Crippen molar-refractivity contribution in [2.45, 2.75) is 42.5 Å². The normalized spacial score (nSPS) is 22.2. The summed E-state index contributed by atoms with van der Waals surface area (Å²) in [7, 11) is 0. The third-order valence-corrected chi connectivity index (χ3v) is 9.98. The van der Waals surface area contributed by atoms with Gasteiger partial charge in [-0.05, 0) is 68.4 Å². The SMILES string of the molecule is CC(C)N1C(=O)N(c2ccc(N3CCN(c4ccc(OC[C@H]5OC[C@](Cn6cncn6)(c6ccc(F)cc6F)O5)cc4)CC3)cc2)CC1(S)S. The molecule has 3 fully saturated rings. The second-order valence-electron chi connectivity index (χ2n) is 13.0.